The summed E-state index contributed by atoms with van der Waals surface area (Å²) in [5.41, 5.74) is 4.88. The zero-order valence-electron chi connectivity index (χ0n) is 11.4. The van der Waals surface area contributed by atoms with E-state index in [2.05, 4.69) is 17.4 Å². The van der Waals surface area contributed by atoms with Crippen LogP contribution in [-0.2, 0) is 9.53 Å². The highest BCUT2D eigenvalue weighted by atomic mass is 16.5. The number of oxime groups is 1. The average Bonchev–Trinajstić information content (AvgIpc) is 2.82. The number of nitrogens with two attached hydrogens (primary N) is 1. The predicted molar refractivity (Wildman–Crippen MR) is 70.8 cm³/mol. The molecule has 1 saturated carbocycles. The van der Waals surface area contributed by atoms with Crippen molar-refractivity contribution in [2.45, 2.75) is 45.1 Å². The van der Waals surface area contributed by atoms with Gasteiger partial charge in [0.1, 0.15) is 5.41 Å². The van der Waals surface area contributed by atoms with Gasteiger partial charge in [0.2, 0.25) is 5.91 Å². The molecule has 1 aliphatic carbocycles. The molecule has 6 heteroatoms. The van der Waals surface area contributed by atoms with Gasteiger partial charge in [0, 0.05) is 19.1 Å². The Morgan fingerprint density at radius 1 is 1.58 bits per heavy atom. The smallest absolute Gasteiger partial charge is 0.233 e. The SMILES string of the molecule is CCC1OCCC1CNC(=O)C1(C(N)=NO)CCC1. The van der Waals surface area contributed by atoms with Crippen LogP contribution in [0, 0.1) is 11.3 Å². The van der Waals surface area contributed by atoms with E-state index in [4.69, 9.17) is 15.7 Å². The van der Waals surface area contributed by atoms with E-state index in [9.17, 15) is 4.79 Å². The molecule has 2 unspecified atom stereocenters. The van der Waals surface area contributed by atoms with Crippen molar-refractivity contribution < 1.29 is 14.7 Å². The number of carbonyl (C=O) groups is 1. The highest BCUT2D eigenvalue weighted by Crippen LogP contribution is 2.41. The third kappa shape index (κ3) is 2.54. The summed E-state index contributed by atoms with van der Waals surface area (Å²) >= 11 is 0. The Kier molecular flexibility index (Phi) is 4.29. The second-order valence-electron chi connectivity index (χ2n) is 5.50. The van der Waals surface area contributed by atoms with Crippen LogP contribution in [0.25, 0.3) is 0 Å². The molecule has 1 heterocycles. The van der Waals surface area contributed by atoms with Gasteiger partial charge in [0.15, 0.2) is 5.84 Å². The van der Waals surface area contributed by atoms with Gasteiger partial charge in [0.05, 0.1) is 6.10 Å². The quantitative estimate of drug-likeness (QED) is 0.298. The van der Waals surface area contributed by atoms with Gasteiger partial charge in [-0.1, -0.05) is 18.5 Å². The Morgan fingerprint density at radius 2 is 2.32 bits per heavy atom. The van der Waals surface area contributed by atoms with Crippen LogP contribution in [0.2, 0.25) is 0 Å². The molecule has 0 bridgehead atoms. The van der Waals surface area contributed by atoms with Crippen LogP contribution in [0.4, 0.5) is 0 Å². The molecule has 108 valence electrons. The summed E-state index contributed by atoms with van der Waals surface area (Å²) in [6, 6.07) is 0. The molecule has 4 N–H and O–H groups in total. The lowest BCUT2D eigenvalue weighted by Gasteiger charge is -2.39. The first-order valence-corrected chi connectivity index (χ1v) is 7.02. The van der Waals surface area contributed by atoms with Crippen molar-refractivity contribution in [2.24, 2.45) is 22.2 Å². The standard InChI is InChI=1S/C13H23N3O3/c1-2-10-9(4-7-19-10)8-15-12(17)13(5-3-6-13)11(14)16-18/h9-10,18H,2-8H2,1H3,(H2,14,16)(H,15,17). The number of carbonyl (C=O) groups excluding carboxylic acids is 1. The topological polar surface area (TPSA) is 96.9 Å². The fourth-order valence-electron chi connectivity index (χ4n) is 3.00. The van der Waals surface area contributed by atoms with Gasteiger partial charge in [0.25, 0.3) is 0 Å². The van der Waals surface area contributed by atoms with Crippen molar-refractivity contribution in [3.8, 4) is 0 Å². The largest absolute Gasteiger partial charge is 0.409 e. The molecule has 1 aliphatic heterocycles. The summed E-state index contributed by atoms with van der Waals surface area (Å²) in [6.45, 7) is 3.47. The molecule has 0 spiro atoms. The van der Waals surface area contributed by atoms with E-state index in [0.29, 0.717) is 25.3 Å². The first-order valence-electron chi connectivity index (χ1n) is 7.02. The molecule has 2 rings (SSSR count). The van der Waals surface area contributed by atoms with Crippen molar-refractivity contribution >= 4 is 11.7 Å². The highest BCUT2D eigenvalue weighted by Gasteiger charge is 2.48. The summed E-state index contributed by atoms with van der Waals surface area (Å²) in [5, 5.41) is 14.8. The number of hydrogen-bond acceptors (Lipinski definition) is 4. The number of amides is 1. The molecule has 1 saturated heterocycles. The van der Waals surface area contributed by atoms with E-state index in [1.54, 1.807) is 0 Å². The van der Waals surface area contributed by atoms with Crippen LogP contribution in [0.15, 0.2) is 5.16 Å². The molecular formula is C13H23N3O3. The molecule has 19 heavy (non-hydrogen) atoms. The summed E-state index contributed by atoms with van der Waals surface area (Å²) in [4.78, 5) is 12.3. The molecule has 6 nitrogen and oxygen atoms in total. The van der Waals surface area contributed by atoms with Crippen molar-refractivity contribution in [2.75, 3.05) is 13.2 Å². The molecule has 0 aromatic carbocycles. The minimum atomic E-state index is -0.782. The van der Waals surface area contributed by atoms with Gasteiger partial charge >= 0.3 is 0 Å². The third-order valence-corrected chi connectivity index (χ3v) is 4.51. The van der Waals surface area contributed by atoms with Crippen LogP contribution in [0.5, 0.6) is 0 Å². The minimum absolute atomic E-state index is 0.0333. The van der Waals surface area contributed by atoms with Gasteiger partial charge < -0.3 is 21.0 Å². The average molecular weight is 269 g/mol. The van der Waals surface area contributed by atoms with Crippen molar-refractivity contribution in [3.05, 3.63) is 0 Å². The van der Waals surface area contributed by atoms with E-state index in [1.165, 1.54) is 0 Å². The maximum atomic E-state index is 12.3. The van der Waals surface area contributed by atoms with Crippen molar-refractivity contribution in [1.82, 2.24) is 5.32 Å². The predicted octanol–water partition coefficient (Wildman–Crippen LogP) is 0.834. The molecule has 2 aliphatic rings. The Bertz CT molecular complexity index is 366. The van der Waals surface area contributed by atoms with Crippen LogP contribution in [0.1, 0.15) is 39.0 Å². The van der Waals surface area contributed by atoms with Gasteiger partial charge in [-0.15, -0.1) is 0 Å². The number of nitrogens with one attached hydrogen (secondary N) is 1. The van der Waals surface area contributed by atoms with E-state index in [1.807, 2.05) is 0 Å². The molecule has 0 aromatic heterocycles. The van der Waals surface area contributed by atoms with E-state index in [-0.39, 0.29) is 17.8 Å². The third-order valence-electron chi connectivity index (χ3n) is 4.51. The fraction of sp³-hybridized carbons (Fsp3) is 0.846. The molecule has 0 aromatic rings. The van der Waals surface area contributed by atoms with Crippen molar-refractivity contribution in [1.29, 1.82) is 0 Å². The van der Waals surface area contributed by atoms with E-state index < -0.39 is 5.41 Å². The Morgan fingerprint density at radius 3 is 2.84 bits per heavy atom. The fourth-order valence-corrected chi connectivity index (χ4v) is 3.00. The Labute approximate surface area is 113 Å². The molecular weight excluding hydrogens is 246 g/mol. The first-order chi connectivity index (χ1) is 9.14. The number of nitrogens with zero attached hydrogens (tertiary/aromatic N) is 1. The summed E-state index contributed by atoms with van der Waals surface area (Å²) in [5.74, 6) is 0.292. The van der Waals surface area contributed by atoms with Crippen LogP contribution >= 0.6 is 0 Å². The maximum Gasteiger partial charge on any atom is 0.233 e. The molecule has 0 radical (unpaired) electrons. The van der Waals surface area contributed by atoms with Crippen LogP contribution < -0.4 is 11.1 Å². The monoisotopic (exact) mass is 269 g/mol. The molecule has 1 amide bonds. The van der Waals surface area contributed by atoms with Crippen molar-refractivity contribution in [3.63, 3.8) is 0 Å². The summed E-state index contributed by atoms with van der Waals surface area (Å²) < 4.78 is 5.60. The minimum Gasteiger partial charge on any atom is -0.409 e. The second kappa shape index (κ2) is 5.77. The number of ether oxygens (including phenoxy) is 1. The maximum absolute atomic E-state index is 12.3. The Hall–Kier alpha value is -1.30. The van der Waals surface area contributed by atoms with Gasteiger partial charge in [-0.05, 0) is 25.7 Å². The van der Waals surface area contributed by atoms with Crippen LogP contribution in [0.3, 0.4) is 0 Å². The lowest BCUT2D eigenvalue weighted by molar-refractivity contribution is -0.131. The number of amidine groups is 1. The first kappa shape index (κ1) is 14.1. The number of hydrogen-bond donors (Lipinski definition) is 3. The zero-order valence-corrected chi connectivity index (χ0v) is 11.4. The normalized spacial score (nSPS) is 29.8. The van der Waals surface area contributed by atoms with Gasteiger partial charge in [-0.3, -0.25) is 4.79 Å². The Balaban J connectivity index is 1.90. The molecule has 2 atom stereocenters. The summed E-state index contributed by atoms with van der Waals surface area (Å²) in [6.07, 6.45) is 4.44. The second-order valence-corrected chi connectivity index (χ2v) is 5.50. The summed E-state index contributed by atoms with van der Waals surface area (Å²) in [7, 11) is 0. The van der Waals surface area contributed by atoms with Gasteiger partial charge in [-0.2, -0.15) is 0 Å². The van der Waals surface area contributed by atoms with Crippen LogP contribution in [-0.4, -0.2) is 36.2 Å². The van der Waals surface area contributed by atoms with Gasteiger partial charge in [-0.25, -0.2) is 0 Å². The zero-order chi connectivity index (χ0) is 13.9. The number of rotatable bonds is 5. The van der Waals surface area contributed by atoms with E-state index in [0.717, 1.165) is 25.9 Å². The molecule has 2 fully saturated rings. The lowest BCUT2D eigenvalue weighted by atomic mass is 9.67. The highest BCUT2D eigenvalue weighted by molar-refractivity contribution is 6.07. The van der Waals surface area contributed by atoms with E-state index >= 15 is 0 Å². The lowest BCUT2D eigenvalue weighted by Crippen LogP contribution is -2.54.